The number of hydrogen-bond donors (Lipinski definition) is 2. The molecule has 14 heavy (non-hydrogen) atoms. The summed E-state index contributed by atoms with van der Waals surface area (Å²) in [5.74, 6) is 5.54. The number of nitrogens with zero attached hydrogens (tertiary/aromatic N) is 1. The lowest BCUT2D eigenvalue weighted by Crippen LogP contribution is -2.32. The molecule has 0 amide bonds. The zero-order chi connectivity index (χ0) is 10.6. The molecule has 0 aliphatic carbocycles. The van der Waals surface area contributed by atoms with Crippen molar-refractivity contribution < 1.29 is 4.39 Å². The van der Waals surface area contributed by atoms with E-state index in [2.05, 4.69) is 10.4 Å². The van der Waals surface area contributed by atoms with Crippen molar-refractivity contribution in [3.8, 4) is 0 Å². The molecule has 0 aliphatic heterocycles. The Bertz CT molecular complexity index is 347. The van der Waals surface area contributed by atoms with E-state index in [9.17, 15) is 4.39 Å². The molecule has 0 unspecified atom stereocenters. The van der Waals surface area contributed by atoms with E-state index in [-0.39, 0.29) is 5.82 Å². The second kappa shape index (κ2) is 4.72. The number of amidine groups is 1. The van der Waals surface area contributed by atoms with Gasteiger partial charge in [-0.15, -0.1) is 0 Å². The minimum atomic E-state index is -0.287. The Morgan fingerprint density at radius 1 is 1.57 bits per heavy atom. The minimum Gasteiger partial charge on any atom is -0.308 e. The Hall–Kier alpha value is -1.42. The average Bonchev–Trinajstić information content (AvgIpc) is 2.18. The molecule has 0 bridgehead atoms. The maximum absolute atomic E-state index is 13.0. The maximum atomic E-state index is 13.0. The number of benzene rings is 1. The Kier molecular flexibility index (Phi) is 3.59. The molecule has 0 heterocycles. The highest BCUT2D eigenvalue weighted by molar-refractivity contribution is 5.99. The van der Waals surface area contributed by atoms with Gasteiger partial charge in [-0.1, -0.05) is 6.07 Å². The van der Waals surface area contributed by atoms with Crippen LogP contribution in [0, 0.1) is 12.7 Å². The first-order valence-electron chi connectivity index (χ1n) is 4.46. The molecule has 1 aromatic carbocycles. The lowest BCUT2D eigenvalue weighted by molar-refractivity contribution is 0.627. The molecule has 0 atom stereocenters. The van der Waals surface area contributed by atoms with Gasteiger partial charge in [-0.2, -0.15) is 0 Å². The van der Waals surface area contributed by atoms with E-state index in [0.29, 0.717) is 17.9 Å². The summed E-state index contributed by atoms with van der Waals surface area (Å²) >= 11 is 0. The molecule has 0 saturated carbocycles. The Labute approximate surface area is 82.8 Å². The van der Waals surface area contributed by atoms with E-state index in [1.807, 2.05) is 13.8 Å². The molecule has 4 heteroatoms. The van der Waals surface area contributed by atoms with Gasteiger partial charge in [0.1, 0.15) is 11.7 Å². The first-order chi connectivity index (χ1) is 6.69. The number of aryl methyl sites for hydroxylation is 1. The molecule has 0 spiro atoms. The highest BCUT2D eigenvalue weighted by atomic mass is 19.1. The highest BCUT2D eigenvalue weighted by Crippen LogP contribution is 2.10. The SMILES string of the molecule is CCN=C(NN)c1cc(F)ccc1C. The summed E-state index contributed by atoms with van der Waals surface area (Å²) in [7, 11) is 0. The van der Waals surface area contributed by atoms with E-state index in [1.54, 1.807) is 6.07 Å². The maximum Gasteiger partial charge on any atom is 0.142 e. The fourth-order valence-corrected chi connectivity index (χ4v) is 1.22. The van der Waals surface area contributed by atoms with Crippen molar-refractivity contribution in [2.75, 3.05) is 6.54 Å². The van der Waals surface area contributed by atoms with E-state index in [4.69, 9.17) is 5.84 Å². The lowest BCUT2D eigenvalue weighted by Gasteiger charge is -2.08. The normalized spacial score (nSPS) is 11.6. The van der Waals surface area contributed by atoms with E-state index < -0.39 is 0 Å². The summed E-state index contributed by atoms with van der Waals surface area (Å²) < 4.78 is 13.0. The van der Waals surface area contributed by atoms with Crippen LogP contribution in [-0.2, 0) is 0 Å². The second-order valence-corrected chi connectivity index (χ2v) is 2.93. The van der Waals surface area contributed by atoms with Crippen molar-refractivity contribution in [1.82, 2.24) is 5.43 Å². The minimum absolute atomic E-state index is 0.287. The van der Waals surface area contributed by atoms with Crippen LogP contribution in [0.3, 0.4) is 0 Å². The highest BCUT2D eigenvalue weighted by Gasteiger charge is 2.05. The number of rotatable bonds is 2. The van der Waals surface area contributed by atoms with Gasteiger partial charge in [-0.25, -0.2) is 10.2 Å². The summed E-state index contributed by atoms with van der Waals surface area (Å²) in [5.41, 5.74) is 4.12. The number of nitrogens with two attached hydrogens (primary N) is 1. The van der Waals surface area contributed by atoms with Gasteiger partial charge in [-0.3, -0.25) is 4.99 Å². The quantitative estimate of drug-likeness (QED) is 0.324. The topological polar surface area (TPSA) is 50.4 Å². The largest absolute Gasteiger partial charge is 0.308 e. The Balaban J connectivity index is 3.15. The van der Waals surface area contributed by atoms with Crippen LogP contribution < -0.4 is 11.3 Å². The third-order valence-corrected chi connectivity index (χ3v) is 1.91. The lowest BCUT2D eigenvalue weighted by atomic mass is 10.1. The van der Waals surface area contributed by atoms with E-state index in [0.717, 1.165) is 5.56 Å². The van der Waals surface area contributed by atoms with Gasteiger partial charge in [0.05, 0.1) is 0 Å². The van der Waals surface area contributed by atoms with Crippen LogP contribution in [0.1, 0.15) is 18.1 Å². The van der Waals surface area contributed by atoms with Crippen molar-refractivity contribution in [2.45, 2.75) is 13.8 Å². The van der Waals surface area contributed by atoms with Gasteiger partial charge in [0, 0.05) is 12.1 Å². The second-order valence-electron chi connectivity index (χ2n) is 2.93. The molecule has 0 fully saturated rings. The smallest absolute Gasteiger partial charge is 0.142 e. The van der Waals surface area contributed by atoms with Crippen molar-refractivity contribution in [3.63, 3.8) is 0 Å². The molecule has 3 nitrogen and oxygen atoms in total. The van der Waals surface area contributed by atoms with Gasteiger partial charge in [0.2, 0.25) is 0 Å². The van der Waals surface area contributed by atoms with Crippen molar-refractivity contribution >= 4 is 5.84 Å². The Morgan fingerprint density at radius 3 is 2.86 bits per heavy atom. The first-order valence-corrected chi connectivity index (χ1v) is 4.46. The van der Waals surface area contributed by atoms with Crippen LogP contribution >= 0.6 is 0 Å². The summed E-state index contributed by atoms with van der Waals surface area (Å²) in [6, 6.07) is 4.54. The van der Waals surface area contributed by atoms with Gasteiger partial charge >= 0.3 is 0 Å². The number of hydrogen-bond acceptors (Lipinski definition) is 2. The molecular formula is C10H14FN3. The average molecular weight is 195 g/mol. The molecule has 0 saturated heterocycles. The van der Waals surface area contributed by atoms with Crippen LogP contribution in [-0.4, -0.2) is 12.4 Å². The molecule has 1 aromatic rings. The van der Waals surface area contributed by atoms with Crippen molar-refractivity contribution in [1.29, 1.82) is 0 Å². The van der Waals surface area contributed by atoms with Crippen LogP contribution in [0.2, 0.25) is 0 Å². The number of nitrogens with one attached hydrogen (secondary N) is 1. The third-order valence-electron chi connectivity index (χ3n) is 1.91. The van der Waals surface area contributed by atoms with Crippen molar-refractivity contribution in [2.24, 2.45) is 10.8 Å². The number of aliphatic imine (C=N–C) groups is 1. The summed E-state index contributed by atoms with van der Waals surface area (Å²) in [4.78, 5) is 4.13. The first kappa shape index (κ1) is 10.7. The Morgan fingerprint density at radius 2 is 2.29 bits per heavy atom. The molecule has 0 aliphatic rings. The summed E-state index contributed by atoms with van der Waals surface area (Å²) in [6.07, 6.45) is 0. The third kappa shape index (κ3) is 2.29. The number of halogens is 1. The van der Waals surface area contributed by atoms with Gasteiger partial charge < -0.3 is 5.43 Å². The summed E-state index contributed by atoms with van der Waals surface area (Å²) in [6.45, 7) is 4.39. The van der Waals surface area contributed by atoms with Crippen LogP contribution in [0.5, 0.6) is 0 Å². The van der Waals surface area contributed by atoms with Crippen LogP contribution in [0.4, 0.5) is 4.39 Å². The predicted octanol–water partition coefficient (Wildman–Crippen LogP) is 1.36. The molecular weight excluding hydrogens is 181 g/mol. The zero-order valence-electron chi connectivity index (χ0n) is 8.34. The van der Waals surface area contributed by atoms with E-state index >= 15 is 0 Å². The molecule has 1 rings (SSSR count). The zero-order valence-corrected chi connectivity index (χ0v) is 8.34. The standard InChI is InChI=1S/C10H14FN3/c1-3-13-10(14-12)9-6-8(11)5-4-7(9)2/h4-6H,3,12H2,1-2H3,(H,13,14). The molecule has 0 radical (unpaired) electrons. The number of hydrazine groups is 1. The monoisotopic (exact) mass is 195 g/mol. The van der Waals surface area contributed by atoms with Crippen LogP contribution in [0.25, 0.3) is 0 Å². The fraction of sp³-hybridized carbons (Fsp3) is 0.300. The van der Waals surface area contributed by atoms with Crippen molar-refractivity contribution in [3.05, 3.63) is 35.1 Å². The molecule has 76 valence electrons. The fourth-order valence-electron chi connectivity index (χ4n) is 1.22. The predicted molar refractivity (Wildman–Crippen MR) is 55.5 cm³/mol. The van der Waals surface area contributed by atoms with Gasteiger partial charge in [0.15, 0.2) is 0 Å². The summed E-state index contributed by atoms with van der Waals surface area (Å²) in [5, 5.41) is 0. The van der Waals surface area contributed by atoms with Gasteiger partial charge in [-0.05, 0) is 31.5 Å². The van der Waals surface area contributed by atoms with Gasteiger partial charge in [0.25, 0.3) is 0 Å². The van der Waals surface area contributed by atoms with E-state index in [1.165, 1.54) is 12.1 Å². The van der Waals surface area contributed by atoms with Crippen LogP contribution in [0.15, 0.2) is 23.2 Å². The molecule has 0 aromatic heterocycles. The molecule has 3 N–H and O–H groups in total.